The van der Waals surface area contributed by atoms with Crippen molar-refractivity contribution in [2.75, 3.05) is 6.61 Å². The molecule has 31 heavy (non-hydrogen) atoms. The van der Waals surface area contributed by atoms with Gasteiger partial charge in [-0.2, -0.15) is 0 Å². The van der Waals surface area contributed by atoms with Crippen molar-refractivity contribution in [3.05, 3.63) is 56.9 Å². The van der Waals surface area contributed by atoms with Crippen LogP contribution in [0.25, 0.3) is 22.3 Å². The summed E-state index contributed by atoms with van der Waals surface area (Å²) in [6, 6.07) is 6.89. The fraction of sp³-hybridized carbons (Fsp3) is 0.348. The summed E-state index contributed by atoms with van der Waals surface area (Å²) in [6.07, 6.45) is 1.11. The fourth-order valence-corrected chi connectivity index (χ4v) is 4.62. The van der Waals surface area contributed by atoms with Crippen molar-refractivity contribution in [2.24, 2.45) is 0 Å². The molecule has 5 rings (SSSR count). The number of hydrogen-bond donors (Lipinski definition) is 3. The van der Waals surface area contributed by atoms with Gasteiger partial charge in [-0.15, -0.1) is 0 Å². The molecule has 0 radical (unpaired) electrons. The molecule has 3 N–H and O–H groups in total. The van der Waals surface area contributed by atoms with Crippen molar-refractivity contribution in [3.63, 3.8) is 0 Å². The number of aromatic hydroxyl groups is 1. The number of phenols is 1. The minimum absolute atomic E-state index is 0.0156. The number of nitrogens with zero attached hydrogens (tertiary/aromatic N) is 2. The van der Waals surface area contributed by atoms with Gasteiger partial charge in [-0.3, -0.25) is 4.79 Å². The molecular weight excluding hydrogens is 400 g/mol. The number of carbonyl (C=O) groups excluding carboxylic acids is 1. The van der Waals surface area contributed by atoms with Gasteiger partial charge in [0.15, 0.2) is 5.60 Å². The number of cyclic esters (lactones) is 1. The Balaban J connectivity index is 1.73. The molecule has 2 aliphatic heterocycles. The van der Waals surface area contributed by atoms with Crippen molar-refractivity contribution in [1.29, 1.82) is 0 Å². The third kappa shape index (κ3) is 2.72. The fourth-order valence-electron chi connectivity index (χ4n) is 4.62. The van der Waals surface area contributed by atoms with Gasteiger partial charge in [-0.1, -0.05) is 6.92 Å². The summed E-state index contributed by atoms with van der Waals surface area (Å²) in [6.45, 7) is 1.82. The zero-order valence-corrected chi connectivity index (χ0v) is 17.0. The molecule has 0 spiro atoms. The third-order valence-electron chi connectivity index (χ3n) is 6.36. The summed E-state index contributed by atoms with van der Waals surface area (Å²) >= 11 is 0. The SMILES string of the molecule is CCC1(O)C(=O)OCc2c1cc1n(c2=O)Cc2cc3c(CCCO)c(O)ccc3nc2-1. The molecular formula is C23H22N2O6. The lowest BCUT2D eigenvalue weighted by atomic mass is 9.86. The monoisotopic (exact) mass is 422 g/mol. The Labute approximate surface area is 177 Å². The highest BCUT2D eigenvalue weighted by molar-refractivity contribution is 5.89. The van der Waals surface area contributed by atoms with Gasteiger partial charge < -0.3 is 24.6 Å². The normalized spacial score (nSPS) is 19.1. The van der Waals surface area contributed by atoms with Crippen molar-refractivity contribution in [1.82, 2.24) is 9.55 Å². The highest BCUT2D eigenvalue weighted by Crippen LogP contribution is 2.39. The number of fused-ring (bicyclic) bond motifs is 5. The molecule has 8 heteroatoms. The maximum absolute atomic E-state index is 13.2. The van der Waals surface area contributed by atoms with Crippen LogP contribution in [0.3, 0.4) is 0 Å². The number of carbonyl (C=O) groups is 1. The smallest absolute Gasteiger partial charge is 0.343 e. The van der Waals surface area contributed by atoms with Crippen LogP contribution in [0.5, 0.6) is 5.75 Å². The molecule has 3 aromatic rings. The molecule has 0 saturated heterocycles. The molecule has 1 atom stereocenters. The molecule has 0 aliphatic carbocycles. The summed E-state index contributed by atoms with van der Waals surface area (Å²) in [5.41, 5.74) is 1.75. The molecule has 0 saturated carbocycles. The Bertz CT molecular complexity index is 1310. The molecule has 0 amide bonds. The van der Waals surface area contributed by atoms with E-state index in [2.05, 4.69) is 0 Å². The van der Waals surface area contributed by atoms with Crippen molar-refractivity contribution < 1.29 is 24.9 Å². The zero-order valence-electron chi connectivity index (χ0n) is 17.0. The number of phenolic OH excluding ortho intramolecular Hbond substituents is 1. The lowest BCUT2D eigenvalue weighted by molar-refractivity contribution is -0.172. The van der Waals surface area contributed by atoms with E-state index < -0.39 is 11.6 Å². The number of rotatable bonds is 4. The van der Waals surface area contributed by atoms with Gasteiger partial charge in [0.1, 0.15) is 12.4 Å². The summed E-state index contributed by atoms with van der Waals surface area (Å²) in [4.78, 5) is 30.2. The van der Waals surface area contributed by atoms with Crippen molar-refractivity contribution in [2.45, 2.75) is 44.9 Å². The second-order valence-electron chi connectivity index (χ2n) is 8.06. The lowest BCUT2D eigenvalue weighted by Gasteiger charge is -2.31. The van der Waals surface area contributed by atoms with Gasteiger partial charge in [0.2, 0.25) is 0 Å². The van der Waals surface area contributed by atoms with Crippen LogP contribution in [0.4, 0.5) is 0 Å². The van der Waals surface area contributed by atoms with Crippen LogP contribution in [0, 0.1) is 0 Å². The highest BCUT2D eigenvalue weighted by atomic mass is 16.6. The molecule has 1 aromatic carbocycles. The molecule has 2 aliphatic rings. The molecule has 160 valence electrons. The Kier molecular flexibility index (Phi) is 4.39. The van der Waals surface area contributed by atoms with Crippen LogP contribution in [-0.2, 0) is 34.7 Å². The van der Waals surface area contributed by atoms with E-state index in [0.29, 0.717) is 41.9 Å². The topological polar surface area (TPSA) is 122 Å². The van der Waals surface area contributed by atoms with Crippen LogP contribution in [-0.4, -0.2) is 37.4 Å². The number of benzene rings is 1. The summed E-state index contributed by atoms with van der Waals surface area (Å²) in [7, 11) is 0. The van der Waals surface area contributed by atoms with E-state index >= 15 is 0 Å². The van der Waals surface area contributed by atoms with Crippen LogP contribution >= 0.6 is 0 Å². The second kappa shape index (κ2) is 6.90. The number of aliphatic hydroxyl groups excluding tert-OH is 1. The van der Waals surface area contributed by atoms with Gasteiger partial charge in [0.05, 0.1) is 29.0 Å². The lowest BCUT2D eigenvalue weighted by Crippen LogP contribution is -2.44. The van der Waals surface area contributed by atoms with E-state index in [-0.39, 0.29) is 42.1 Å². The van der Waals surface area contributed by atoms with Crippen molar-refractivity contribution >= 4 is 16.9 Å². The van der Waals surface area contributed by atoms with E-state index in [1.165, 1.54) is 0 Å². The van der Waals surface area contributed by atoms with Crippen LogP contribution in [0.2, 0.25) is 0 Å². The van der Waals surface area contributed by atoms with E-state index in [1.807, 2.05) is 6.07 Å². The van der Waals surface area contributed by atoms with E-state index in [1.54, 1.807) is 29.7 Å². The quantitative estimate of drug-likeness (QED) is 0.428. The third-order valence-corrected chi connectivity index (χ3v) is 6.36. The summed E-state index contributed by atoms with van der Waals surface area (Å²) in [5.74, 6) is -0.602. The van der Waals surface area contributed by atoms with Crippen molar-refractivity contribution in [3.8, 4) is 17.1 Å². The van der Waals surface area contributed by atoms with Gasteiger partial charge in [-0.25, -0.2) is 9.78 Å². The molecule has 2 aromatic heterocycles. The van der Waals surface area contributed by atoms with Crippen LogP contribution in [0.1, 0.15) is 42.0 Å². The molecule has 4 heterocycles. The average molecular weight is 422 g/mol. The number of aliphatic hydroxyl groups is 2. The van der Waals surface area contributed by atoms with E-state index in [4.69, 9.17) is 9.72 Å². The number of aryl methyl sites for hydroxylation is 1. The average Bonchev–Trinajstić information content (AvgIpc) is 3.13. The molecule has 1 unspecified atom stereocenters. The Morgan fingerprint density at radius 1 is 1.26 bits per heavy atom. The minimum atomic E-state index is -1.86. The van der Waals surface area contributed by atoms with Crippen LogP contribution in [0.15, 0.2) is 29.1 Å². The maximum Gasteiger partial charge on any atom is 0.343 e. The second-order valence-corrected chi connectivity index (χ2v) is 8.06. The first kappa shape index (κ1) is 19.7. The summed E-state index contributed by atoms with van der Waals surface area (Å²) < 4.78 is 6.67. The highest BCUT2D eigenvalue weighted by Gasteiger charge is 2.45. The van der Waals surface area contributed by atoms with Gasteiger partial charge in [-0.05, 0) is 43.5 Å². The first-order valence-corrected chi connectivity index (χ1v) is 10.3. The molecule has 0 bridgehead atoms. The standard InChI is InChI=1S/C23H22N2O6/c1-2-23(30)16-9-18-20-12(10-25(18)21(28)15(16)11-31-22(23)29)8-14-13(4-3-7-26)19(27)6-5-17(14)24-20/h5-6,8-9,26-27,30H,2-4,7,10-11H2,1H3. The first-order chi connectivity index (χ1) is 14.9. The zero-order chi connectivity index (χ0) is 21.9. The predicted molar refractivity (Wildman–Crippen MR) is 112 cm³/mol. The maximum atomic E-state index is 13.2. The summed E-state index contributed by atoms with van der Waals surface area (Å²) in [5, 5.41) is 31.2. The first-order valence-electron chi connectivity index (χ1n) is 10.3. The number of esters is 1. The number of ether oxygens (including phenoxy) is 1. The minimum Gasteiger partial charge on any atom is -0.508 e. The predicted octanol–water partition coefficient (Wildman–Crippen LogP) is 1.71. The number of aromatic nitrogens is 2. The largest absolute Gasteiger partial charge is 0.508 e. The van der Waals surface area contributed by atoms with E-state index in [9.17, 15) is 24.9 Å². The Hall–Kier alpha value is -3.23. The molecule has 0 fully saturated rings. The molecule has 8 nitrogen and oxygen atoms in total. The Morgan fingerprint density at radius 3 is 2.81 bits per heavy atom. The number of pyridine rings is 2. The van der Waals surface area contributed by atoms with Gasteiger partial charge >= 0.3 is 5.97 Å². The Morgan fingerprint density at radius 2 is 2.06 bits per heavy atom. The number of hydrogen-bond acceptors (Lipinski definition) is 7. The van der Waals surface area contributed by atoms with Crippen LogP contribution < -0.4 is 5.56 Å². The van der Waals surface area contributed by atoms with E-state index in [0.717, 1.165) is 10.9 Å². The van der Waals surface area contributed by atoms with Gasteiger partial charge in [0.25, 0.3) is 5.56 Å². The van der Waals surface area contributed by atoms with Gasteiger partial charge in [0, 0.05) is 28.7 Å².